The van der Waals surface area contributed by atoms with Gasteiger partial charge in [-0.25, -0.2) is 0 Å². The van der Waals surface area contributed by atoms with Crippen LogP contribution in [0.25, 0.3) is 0 Å². The average Bonchev–Trinajstić information content (AvgIpc) is 2.63. The summed E-state index contributed by atoms with van der Waals surface area (Å²) in [5.41, 5.74) is 0.916. The standard InChI is InChI=1S/C20H32O6Si/c1-20(2,3)27(5,6)26-17-15(21)16-14(24-19(17)22-4)12-23-18(25-16)13-10-8-7-9-11-13/h7-11,14-19,21H,12H2,1-6H3/t14-,15-,16-,17+,18-,19+/m1/s1. The van der Waals surface area contributed by atoms with Gasteiger partial charge in [0.1, 0.15) is 24.4 Å². The van der Waals surface area contributed by atoms with E-state index in [0.29, 0.717) is 6.61 Å². The zero-order chi connectivity index (χ0) is 19.8. The van der Waals surface area contributed by atoms with E-state index in [-0.39, 0.29) is 5.04 Å². The molecule has 0 aliphatic carbocycles. The summed E-state index contributed by atoms with van der Waals surface area (Å²) in [6.45, 7) is 11.1. The maximum absolute atomic E-state index is 11.1. The van der Waals surface area contributed by atoms with Gasteiger partial charge in [-0.2, -0.15) is 0 Å². The molecule has 2 aliphatic heterocycles. The van der Waals surface area contributed by atoms with Gasteiger partial charge in [-0.3, -0.25) is 0 Å². The molecule has 6 nitrogen and oxygen atoms in total. The summed E-state index contributed by atoms with van der Waals surface area (Å²) in [5.74, 6) is 0. The summed E-state index contributed by atoms with van der Waals surface area (Å²) >= 11 is 0. The molecular formula is C20H32O6Si. The summed E-state index contributed by atoms with van der Waals surface area (Å²) in [5, 5.41) is 11.1. The molecule has 0 radical (unpaired) electrons. The lowest BCUT2D eigenvalue weighted by Gasteiger charge is -2.50. The summed E-state index contributed by atoms with van der Waals surface area (Å²) in [6, 6.07) is 9.71. The molecule has 2 fully saturated rings. The van der Waals surface area contributed by atoms with Gasteiger partial charge in [-0.05, 0) is 18.1 Å². The fourth-order valence-electron chi connectivity index (χ4n) is 3.18. The predicted molar refractivity (Wildman–Crippen MR) is 104 cm³/mol. The molecule has 1 N–H and O–H groups in total. The van der Waals surface area contributed by atoms with Crippen LogP contribution in [-0.2, 0) is 23.4 Å². The number of rotatable bonds is 4. The van der Waals surface area contributed by atoms with Gasteiger partial charge in [0.25, 0.3) is 0 Å². The third-order valence-corrected chi connectivity index (χ3v) is 10.3. The molecule has 6 atom stereocenters. The van der Waals surface area contributed by atoms with Crippen molar-refractivity contribution in [3.8, 4) is 0 Å². The zero-order valence-electron chi connectivity index (χ0n) is 17.0. The number of ether oxygens (including phenoxy) is 4. The smallest absolute Gasteiger partial charge is 0.192 e. The molecule has 7 heteroatoms. The molecule has 0 amide bonds. The normalized spacial score (nSPS) is 34.9. The first kappa shape index (κ1) is 20.9. The quantitative estimate of drug-likeness (QED) is 0.789. The molecule has 0 unspecified atom stereocenters. The van der Waals surface area contributed by atoms with E-state index in [0.717, 1.165) is 5.56 Å². The molecule has 2 saturated heterocycles. The maximum Gasteiger partial charge on any atom is 0.192 e. The van der Waals surface area contributed by atoms with E-state index in [1.54, 1.807) is 7.11 Å². The van der Waals surface area contributed by atoms with Crippen molar-refractivity contribution in [3.05, 3.63) is 35.9 Å². The first-order valence-corrected chi connectivity index (χ1v) is 12.4. The van der Waals surface area contributed by atoms with Crippen LogP contribution in [0.15, 0.2) is 30.3 Å². The van der Waals surface area contributed by atoms with Gasteiger partial charge in [-0.1, -0.05) is 51.1 Å². The first-order chi connectivity index (χ1) is 12.6. The molecule has 1 aromatic carbocycles. The third-order valence-electron chi connectivity index (χ3n) is 5.85. The molecule has 3 rings (SSSR count). The Bertz CT molecular complexity index is 617. The number of fused-ring (bicyclic) bond motifs is 1. The summed E-state index contributed by atoms with van der Waals surface area (Å²) in [6.07, 6.45) is -3.59. The minimum Gasteiger partial charge on any atom is -0.406 e. The summed E-state index contributed by atoms with van der Waals surface area (Å²) in [7, 11) is -0.570. The van der Waals surface area contributed by atoms with E-state index in [4.69, 9.17) is 23.4 Å². The molecule has 0 spiro atoms. The van der Waals surface area contributed by atoms with Crippen LogP contribution in [0.2, 0.25) is 18.1 Å². The van der Waals surface area contributed by atoms with Gasteiger partial charge in [0.2, 0.25) is 0 Å². The number of benzene rings is 1. The van der Waals surface area contributed by atoms with Crippen LogP contribution >= 0.6 is 0 Å². The topological polar surface area (TPSA) is 66.4 Å². The predicted octanol–water partition coefficient (Wildman–Crippen LogP) is 3.22. The lowest BCUT2D eigenvalue weighted by Crippen LogP contribution is -2.65. The Hall–Kier alpha value is -0.803. The minimum absolute atomic E-state index is 0.00493. The van der Waals surface area contributed by atoms with Crippen LogP contribution in [0.5, 0.6) is 0 Å². The van der Waals surface area contributed by atoms with Gasteiger partial charge >= 0.3 is 0 Å². The van der Waals surface area contributed by atoms with Crippen LogP contribution in [0.3, 0.4) is 0 Å². The lowest BCUT2D eigenvalue weighted by atomic mass is 9.98. The Morgan fingerprint density at radius 2 is 1.78 bits per heavy atom. The molecule has 0 aromatic heterocycles. The van der Waals surface area contributed by atoms with E-state index in [2.05, 4.69) is 33.9 Å². The van der Waals surface area contributed by atoms with Gasteiger partial charge in [0.15, 0.2) is 20.9 Å². The van der Waals surface area contributed by atoms with Gasteiger partial charge in [0.05, 0.1) is 6.61 Å². The van der Waals surface area contributed by atoms with E-state index in [9.17, 15) is 5.11 Å². The number of hydrogen-bond donors (Lipinski definition) is 1. The first-order valence-electron chi connectivity index (χ1n) is 9.50. The highest BCUT2D eigenvalue weighted by molar-refractivity contribution is 6.74. The molecular weight excluding hydrogens is 364 g/mol. The van der Waals surface area contributed by atoms with Crippen LogP contribution in [0.1, 0.15) is 32.6 Å². The minimum atomic E-state index is -2.14. The van der Waals surface area contributed by atoms with Crippen LogP contribution in [-0.4, -0.2) is 57.8 Å². The molecule has 152 valence electrons. The second-order valence-corrected chi connectivity index (χ2v) is 13.5. The number of methoxy groups -OCH3 is 1. The Morgan fingerprint density at radius 3 is 2.37 bits per heavy atom. The van der Waals surface area contributed by atoms with Crippen LogP contribution in [0, 0.1) is 0 Å². The SMILES string of the molecule is CO[C@H]1O[C@@H]2CO[C@@H](c3ccccc3)O[C@H]2[C@@H](O)[C@@H]1O[Si](C)(C)C(C)(C)C. The van der Waals surface area contributed by atoms with Crippen LogP contribution < -0.4 is 0 Å². The fourth-order valence-corrected chi connectivity index (χ4v) is 4.46. The van der Waals surface area contributed by atoms with Crippen molar-refractivity contribution in [1.82, 2.24) is 0 Å². The fraction of sp³-hybridized carbons (Fsp3) is 0.700. The third kappa shape index (κ3) is 4.29. The molecule has 0 saturated carbocycles. The Labute approximate surface area is 162 Å². The largest absolute Gasteiger partial charge is 0.406 e. The van der Waals surface area contributed by atoms with Gasteiger partial charge in [-0.15, -0.1) is 0 Å². The Kier molecular flexibility index (Phi) is 6.13. The Balaban J connectivity index is 1.78. The van der Waals surface area contributed by atoms with E-state index < -0.39 is 45.3 Å². The van der Waals surface area contributed by atoms with Gasteiger partial charge < -0.3 is 28.5 Å². The highest BCUT2D eigenvalue weighted by Crippen LogP contribution is 2.41. The van der Waals surface area contributed by atoms with Gasteiger partial charge in [0, 0.05) is 12.7 Å². The summed E-state index contributed by atoms with van der Waals surface area (Å²) in [4.78, 5) is 0. The van der Waals surface area contributed by atoms with Crippen molar-refractivity contribution < 1.29 is 28.5 Å². The number of hydrogen-bond acceptors (Lipinski definition) is 6. The molecule has 1 aromatic rings. The number of aliphatic hydroxyl groups is 1. The second kappa shape index (κ2) is 7.91. The van der Waals surface area contributed by atoms with E-state index >= 15 is 0 Å². The molecule has 2 heterocycles. The average molecular weight is 397 g/mol. The molecule has 2 aliphatic rings. The number of aliphatic hydroxyl groups excluding tert-OH is 1. The monoisotopic (exact) mass is 396 g/mol. The van der Waals surface area contributed by atoms with Crippen molar-refractivity contribution in [3.63, 3.8) is 0 Å². The van der Waals surface area contributed by atoms with Crippen molar-refractivity contribution >= 4 is 8.32 Å². The van der Waals surface area contributed by atoms with Crippen molar-refractivity contribution in [2.45, 2.75) is 75.9 Å². The van der Waals surface area contributed by atoms with Crippen molar-refractivity contribution in [1.29, 1.82) is 0 Å². The van der Waals surface area contributed by atoms with Crippen molar-refractivity contribution in [2.24, 2.45) is 0 Å². The summed E-state index contributed by atoms with van der Waals surface area (Å²) < 4.78 is 29.9. The van der Waals surface area contributed by atoms with E-state index in [1.165, 1.54) is 0 Å². The Morgan fingerprint density at radius 1 is 1.11 bits per heavy atom. The highest BCUT2D eigenvalue weighted by Gasteiger charge is 2.52. The second-order valence-electron chi connectivity index (χ2n) is 8.79. The molecule has 27 heavy (non-hydrogen) atoms. The van der Waals surface area contributed by atoms with Crippen molar-refractivity contribution in [2.75, 3.05) is 13.7 Å². The zero-order valence-corrected chi connectivity index (χ0v) is 18.0. The van der Waals surface area contributed by atoms with Crippen LogP contribution in [0.4, 0.5) is 0 Å². The lowest BCUT2D eigenvalue weighted by molar-refractivity contribution is -0.356. The van der Waals surface area contributed by atoms with E-state index in [1.807, 2.05) is 30.3 Å². The molecule has 0 bridgehead atoms. The maximum atomic E-state index is 11.1. The highest BCUT2D eigenvalue weighted by atomic mass is 28.4.